The Morgan fingerprint density at radius 2 is 1.88 bits per heavy atom. The Labute approximate surface area is 92.4 Å². The van der Waals surface area contributed by atoms with Crippen molar-refractivity contribution in [2.75, 3.05) is 6.61 Å². The van der Waals surface area contributed by atoms with E-state index in [-0.39, 0.29) is 19.4 Å². The minimum Gasteiger partial charge on any atom is -0.480 e. The first-order valence-electron chi connectivity index (χ1n) is 5.08. The fourth-order valence-electron chi connectivity index (χ4n) is 1.68. The number of carbonyl (C=O) groups is 1. The Morgan fingerprint density at radius 1 is 1.31 bits per heavy atom. The summed E-state index contributed by atoms with van der Waals surface area (Å²) in [7, 11) is 0. The fraction of sp³-hybridized carbons (Fsp3) is 0.889. The summed E-state index contributed by atoms with van der Waals surface area (Å²) in [5.74, 6) is -1.12. The number of hydrogen-bond acceptors (Lipinski definition) is 6. The fourth-order valence-corrected chi connectivity index (χ4v) is 1.68. The number of nitrogens with two attached hydrogens (primary N) is 1. The average Bonchev–Trinajstić information content (AvgIpc) is 2.52. The van der Waals surface area contributed by atoms with Gasteiger partial charge < -0.3 is 30.9 Å². The van der Waals surface area contributed by atoms with Gasteiger partial charge in [-0.3, -0.25) is 4.79 Å². The second-order valence-corrected chi connectivity index (χ2v) is 3.90. The molecule has 1 rings (SSSR count). The van der Waals surface area contributed by atoms with Crippen molar-refractivity contribution < 1.29 is 30.0 Å². The van der Waals surface area contributed by atoms with Crippen LogP contribution in [-0.4, -0.2) is 63.5 Å². The molecule has 16 heavy (non-hydrogen) atoms. The van der Waals surface area contributed by atoms with E-state index in [1.54, 1.807) is 0 Å². The number of rotatable bonds is 5. The van der Waals surface area contributed by atoms with Crippen LogP contribution in [-0.2, 0) is 9.53 Å². The van der Waals surface area contributed by atoms with E-state index < -0.39 is 36.4 Å². The molecule has 6 N–H and O–H groups in total. The number of aliphatic carboxylic acids is 1. The van der Waals surface area contributed by atoms with Gasteiger partial charge in [-0.25, -0.2) is 0 Å². The highest BCUT2D eigenvalue weighted by Crippen LogP contribution is 2.24. The summed E-state index contributed by atoms with van der Waals surface area (Å²) >= 11 is 0. The van der Waals surface area contributed by atoms with Crippen LogP contribution in [0, 0.1) is 0 Å². The van der Waals surface area contributed by atoms with E-state index in [2.05, 4.69) is 0 Å². The smallest absolute Gasteiger partial charge is 0.320 e. The van der Waals surface area contributed by atoms with Crippen LogP contribution in [0.15, 0.2) is 0 Å². The molecule has 0 amide bonds. The zero-order chi connectivity index (χ0) is 12.3. The molecule has 1 aliphatic rings. The van der Waals surface area contributed by atoms with E-state index in [9.17, 15) is 15.0 Å². The lowest BCUT2D eigenvalue weighted by molar-refractivity contribution is -0.138. The first-order chi connectivity index (χ1) is 7.47. The highest BCUT2D eigenvalue weighted by molar-refractivity contribution is 5.72. The highest BCUT2D eigenvalue weighted by atomic mass is 16.6. The number of carboxylic acid groups (broad SMARTS) is 1. The van der Waals surface area contributed by atoms with Crippen molar-refractivity contribution in [1.29, 1.82) is 0 Å². The maximum atomic E-state index is 10.5. The zero-order valence-corrected chi connectivity index (χ0v) is 8.69. The van der Waals surface area contributed by atoms with Crippen molar-refractivity contribution >= 4 is 5.97 Å². The van der Waals surface area contributed by atoms with Crippen molar-refractivity contribution in [3.63, 3.8) is 0 Å². The molecular weight excluding hydrogens is 218 g/mol. The first-order valence-corrected chi connectivity index (χ1v) is 5.08. The number of carboxylic acids is 1. The van der Waals surface area contributed by atoms with Crippen molar-refractivity contribution in [3.8, 4) is 0 Å². The van der Waals surface area contributed by atoms with Crippen LogP contribution in [0.1, 0.15) is 12.8 Å². The Balaban J connectivity index is 2.41. The third kappa shape index (κ3) is 2.89. The normalized spacial score (nSPS) is 36.2. The number of ether oxygens (including phenoxy) is 1. The molecule has 1 heterocycles. The van der Waals surface area contributed by atoms with E-state index in [0.717, 1.165) is 0 Å². The van der Waals surface area contributed by atoms with Gasteiger partial charge in [-0.1, -0.05) is 0 Å². The van der Waals surface area contributed by atoms with Gasteiger partial charge in [0.15, 0.2) is 0 Å². The van der Waals surface area contributed by atoms with Gasteiger partial charge in [-0.15, -0.1) is 0 Å². The van der Waals surface area contributed by atoms with E-state index in [1.807, 2.05) is 0 Å². The average molecular weight is 235 g/mol. The Morgan fingerprint density at radius 3 is 2.31 bits per heavy atom. The zero-order valence-electron chi connectivity index (χ0n) is 8.69. The molecule has 94 valence electrons. The largest absolute Gasteiger partial charge is 0.480 e. The monoisotopic (exact) mass is 235 g/mol. The third-order valence-electron chi connectivity index (χ3n) is 2.72. The summed E-state index contributed by atoms with van der Waals surface area (Å²) in [6.45, 7) is -0.389. The van der Waals surface area contributed by atoms with Crippen LogP contribution < -0.4 is 5.73 Å². The van der Waals surface area contributed by atoms with Gasteiger partial charge in [0.2, 0.25) is 0 Å². The number of aliphatic hydroxyl groups excluding tert-OH is 3. The van der Waals surface area contributed by atoms with Gasteiger partial charge in [0.25, 0.3) is 0 Å². The molecule has 0 radical (unpaired) electrons. The quantitative estimate of drug-likeness (QED) is 0.360. The molecule has 7 heteroatoms. The summed E-state index contributed by atoms with van der Waals surface area (Å²) in [5.41, 5.74) is 5.29. The summed E-state index contributed by atoms with van der Waals surface area (Å²) < 4.78 is 5.17. The van der Waals surface area contributed by atoms with E-state index in [4.69, 9.17) is 20.7 Å². The predicted octanol–water partition coefficient (Wildman–Crippen LogP) is -2.34. The van der Waals surface area contributed by atoms with Crippen LogP contribution in [0.25, 0.3) is 0 Å². The molecule has 0 unspecified atom stereocenters. The summed E-state index contributed by atoms with van der Waals surface area (Å²) in [4.78, 5) is 10.5. The van der Waals surface area contributed by atoms with Crippen molar-refractivity contribution in [1.82, 2.24) is 0 Å². The topological polar surface area (TPSA) is 133 Å². The van der Waals surface area contributed by atoms with E-state index >= 15 is 0 Å². The lowest BCUT2D eigenvalue weighted by Crippen LogP contribution is -2.35. The highest BCUT2D eigenvalue weighted by Gasteiger charge is 2.42. The van der Waals surface area contributed by atoms with Gasteiger partial charge >= 0.3 is 5.97 Å². The molecule has 0 aromatic heterocycles. The SMILES string of the molecule is N[C@@H](CC[C@@H]1O[C@H](CO)[C@@H](O)[C@H]1O)C(=O)O. The second kappa shape index (κ2) is 5.55. The van der Waals surface area contributed by atoms with Crippen molar-refractivity contribution in [3.05, 3.63) is 0 Å². The van der Waals surface area contributed by atoms with E-state index in [1.165, 1.54) is 0 Å². The molecule has 1 fully saturated rings. The second-order valence-electron chi connectivity index (χ2n) is 3.90. The summed E-state index contributed by atoms with van der Waals surface area (Å²) in [6.07, 6.45) is -3.39. The van der Waals surface area contributed by atoms with Crippen LogP contribution in [0.4, 0.5) is 0 Å². The minimum absolute atomic E-state index is 0.141. The van der Waals surface area contributed by atoms with Gasteiger partial charge in [-0.2, -0.15) is 0 Å². The van der Waals surface area contributed by atoms with Gasteiger partial charge in [0.1, 0.15) is 24.4 Å². The van der Waals surface area contributed by atoms with Crippen LogP contribution in [0.3, 0.4) is 0 Å². The third-order valence-corrected chi connectivity index (χ3v) is 2.72. The Kier molecular flexibility index (Phi) is 4.63. The van der Waals surface area contributed by atoms with Gasteiger partial charge in [-0.05, 0) is 12.8 Å². The molecule has 0 aliphatic carbocycles. The summed E-state index contributed by atoms with van der Waals surface area (Å²) in [6, 6.07) is -1.01. The lowest BCUT2D eigenvalue weighted by Gasteiger charge is -2.15. The standard InChI is InChI=1S/C9H17NO6/c10-4(9(14)15)1-2-5-7(12)8(13)6(3-11)16-5/h4-8,11-13H,1-3,10H2,(H,14,15)/t4-,5-,6+,7-,8+/m0/s1. The van der Waals surface area contributed by atoms with Crippen LogP contribution in [0.5, 0.6) is 0 Å². The lowest BCUT2D eigenvalue weighted by atomic mass is 10.0. The van der Waals surface area contributed by atoms with E-state index in [0.29, 0.717) is 0 Å². The van der Waals surface area contributed by atoms with Crippen molar-refractivity contribution in [2.45, 2.75) is 43.3 Å². The van der Waals surface area contributed by atoms with Crippen molar-refractivity contribution in [2.24, 2.45) is 5.73 Å². The molecule has 0 saturated carbocycles. The Hall–Kier alpha value is -0.730. The molecule has 7 nitrogen and oxygen atoms in total. The maximum Gasteiger partial charge on any atom is 0.320 e. The number of aliphatic hydroxyl groups is 3. The molecule has 0 aromatic rings. The molecule has 5 atom stereocenters. The minimum atomic E-state index is -1.14. The Bertz CT molecular complexity index is 248. The number of hydrogen-bond donors (Lipinski definition) is 5. The first kappa shape index (κ1) is 13.3. The molecule has 1 saturated heterocycles. The van der Waals surface area contributed by atoms with Crippen LogP contribution in [0.2, 0.25) is 0 Å². The van der Waals surface area contributed by atoms with Gasteiger partial charge in [0, 0.05) is 0 Å². The summed E-state index contributed by atoms with van der Waals surface area (Å²) in [5, 5.41) is 36.3. The molecular formula is C9H17NO6. The predicted molar refractivity (Wildman–Crippen MR) is 52.6 cm³/mol. The molecule has 1 aliphatic heterocycles. The van der Waals surface area contributed by atoms with Crippen LogP contribution >= 0.6 is 0 Å². The maximum absolute atomic E-state index is 10.5. The molecule has 0 bridgehead atoms. The molecule has 0 spiro atoms. The van der Waals surface area contributed by atoms with Gasteiger partial charge in [0.05, 0.1) is 12.7 Å². The molecule has 0 aromatic carbocycles.